The van der Waals surface area contributed by atoms with Crippen LogP contribution >= 0.6 is 23.5 Å². The predicted molar refractivity (Wildman–Crippen MR) is 103 cm³/mol. The molecule has 0 unspecified atom stereocenters. The quantitative estimate of drug-likeness (QED) is 0.503. The monoisotopic (exact) mass is 367 g/mol. The Bertz CT molecular complexity index is 924. The van der Waals surface area contributed by atoms with Gasteiger partial charge in [0.05, 0.1) is 4.24 Å². The summed E-state index contributed by atoms with van der Waals surface area (Å²) < 4.78 is 0.936. The number of rotatable bonds is 1. The molecule has 3 nitrogen and oxygen atoms in total. The van der Waals surface area contributed by atoms with E-state index in [9.17, 15) is 4.79 Å². The molecule has 0 amide bonds. The van der Waals surface area contributed by atoms with Gasteiger partial charge in [0, 0.05) is 15.4 Å². The number of carbonyl (C=O) groups excluding carboxylic acids is 1. The molecule has 4 rings (SSSR count). The summed E-state index contributed by atoms with van der Waals surface area (Å²) in [5.74, 6) is -0.377. The van der Waals surface area contributed by atoms with E-state index in [1.165, 1.54) is 15.4 Å². The average molecular weight is 367 g/mol. The molecule has 0 saturated heterocycles. The summed E-state index contributed by atoms with van der Waals surface area (Å²) in [7, 11) is 0. The van der Waals surface area contributed by atoms with E-state index in [2.05, 4.69) is 44.1 Å². The Kier molecular flexibility index (Phi) is 4.01. The fraction of sp³-hybridized carbons (Fsp3) is 0.200. The Hall–Kier alpha value is -1.98. The molecule has 0 bridgehead atoms. The molecule has 0 aliphatic carbocycles. The summed E-state index contributed by atoms with van der Waals surface area (Å²) in [5, 5.41) is 4.02. The number of hydrogen-bond donors (Lipinski definition) is 0. The van der Waals surface area contributed by atoms with Crippen molar-refractivity contribution in [2.45, 2.75) is 36.0 Å². The number of oxime groups is 1. The van der Waals surface area contributed by atoms with Crippen molar-refractivity contribution in [2.75, 3.05) is 0 Å². The summed E-state index contributed by atoms with van der Waals surface area (Å²) in [6.07, 6.45) is 0. The first-order chi connectivity index (χ1) is 11.9. The Balaban J connectivity index is 1.74. The smallest absolute Gasteiger partial charge is 0.312 e. The normalized spacial score (nSPS) is 19.6. The van der Waals surface area contributed by atoms with Gasteiger partial charge in [-0.25, -0.2) is 4.79 Å². The number of benzene rings is 2. The summed E-state index contributed by atoms with van der Waals surface area (Å²) in [4.78, 5) is 19.6. The molecule has 0 aromatic heterocycles. The first-order valence-electron chi connectivity index (χ1n) is 8.03. The largest absolute Gasteiger partial charge is 0.369 e. The van der Waals surface area contributed by atoms with Gasteiger partial charge in [-0.05, 0) is 23.1 Å². The lowest BCUT2D eigenvalue weighted by Crippen LogP contribution is -2.10. The highest BCUT2D eigenvalue weighted by Crippen LogP contribution is 2.53. The highest BCUT2D eigenvalue weighted by molar-refractivity contribution is 8.24. The van der Waals surface area contributed by atoms with E-state index in [1.807, 2.05) is 30.3 Å². The zero-order valence-electron chi connectivity index (χ0n) is 14.2. The van der Waals surface area contributed by atoms with Crippen LogP contribution in [0.3, 0.4) is 0 Å². The van der Waals surface area contributed by atoms with Gasteiger partial charge in [-0.3, -0.25) is 0 Å². The molecule has 0 radical (unpaired) electrons. The second-order valence-corrected chi connectivity index (χ2v) is 9.33. The molecule has 25 heavy (non-hydrogen) atoms. The van der Waals surface area contributed by atoms with E-state index in [4.69, 9.17) is 4.84 Å². The Morgan fingerprint density at radius 1 is 0.960 bits per heavy atom. The van der Waals surface area contributed by atoms with Crippen molar-refractivity contribution in [1.29, 1.82) is 0 Å². The third-order valence-corrected chi connectivity index (χ3v) is 6.67. The minimum atomic E-state index is -0.377. The summed E-state index contributed by atoms with van der Waals surface area (Å²) in [6, 6.07) is 16.2. The molecule has 126 valence electrons. The van der Waals surface area contributed by atoms with Gasteiger partial charge in [-0.15, -0.1) is 0 Å². The van der Waals surface area contributed by atoms with Crippen molar-refractivity contribution in [2.24, 2.45) is 5.16 Å². The molecule has 0 atom stereocenters. The molecule has 2 heterocycles. The van der Waals surface area contributed by atoms with Crippen molar-refractivity contribution in [3.05, 3.63) is 69.5 Å². The average Bonchev–Trinajstić information content (AvgIpc) is 3.17. The maximum atomic E-state index is 12.3. The van der Waals surface area contributed by atoms with Crippen molar-refractivity contribution in [1.82, 2.24) is 0 Å². The van der Waals surface area contributed by atoms with E-state index in [-0.39, 0.29) is 11.4 Å². The van der Waals surface area contributed by atoms with Crippen LogP contribution in [0.25, 0.3) is 0 Å². The summed E-state index contributed by atoms with van der Waals surface area (Å²) in [6.45, 7) is 6.61. The van der Waals surface area contributed by atoms with E-state index >= 15 is 0 Å². The van der Waals surface area contributed by atoms with Crippen LogP contribution in [-0.4, -0.2) is 11.7 Å². The first kappa shape index (κ1) is 16.5. The first-order valence-corrected chi connectivity index (χ1v) is 9.66. The Labute approximate surface area is 155 Å². The van der Waals surface area contributed by atoms with Crippen molar-refractivity contribution in [3.63, 3.8) is 0 Å². The lowest BCUT2D eigenvalue weighted by atomic mass is 9.87. The zero-order valence-corrected chi connectivity index (χ0v) is 15.8. The van der Waals surface area contributed by atoms with Gasteiger partial charge in [0.1, 0.15) is 11.3 Å². The highest BCUT2D eigenvalue weighted by Gasteiger charge is 2.34. The lowest BCUT2D eigenvalue weighted by molar-refractivity contribution is -0.136. The standard InChI is InChI=1S/C20H17NO2S2/c1-20(2,3)13-9-10-14-15(11-13)25-19(24-14)16-17(21-23-18(16)22)12-7-5-4-6-8-12/h4-11H,1-3H3/b19-16-. The van der Waals surface area contributed by atoms with Crippen LogP contribution in [-0.2, 0) is 15.0 Å². The van der Waals surface area contributed by atoms with Crippen LogP contribution in [0.5, 0.6) is 0 Å². The Morgan fingerprint density at radius 3 is 2.40 bits per heavy atom. The van der Waals surface area contributed by atoms with Crippen LogP contribution in [0.15, 0.2) is 73.3 Å². The lowest BCUT2D eigenvalue weighted by Gasteiger charge is -2.19. The Morgan fingerprint density at radius 2 is 1.68 bits per heavy atom. The number of thioether (sulfide) groups is 2. The van der Waals surface area contributed by atoms with Crippen LogP contribution in [0.1, 0.15) is 31.9 Å². The number of carbonyl (C=O) groups is 1. The van der Waals surface area contributed by atoms with Gasteiger partial charge in [0.2, 0.25) is 0 Å². The van der Waals surface area contributed by atoms with Crippen LogP contribution in [0.2, 0.25) is 0 Å². The van der Waals surface area contributed by atoms with Crippen molar-refractivity contribution in [3.8, 4) is 0 Å². The third kappa shape index (κ3) is 3.02. The van der Waals surface area contributed by atoms with Crippen molar-refractivity contribution < 1.29 is 9.63 Å². The molecule has 0 saturated carbocycles. The van der Waals surface area contributed by atoms with Crippen LogP contribution < -0.4 is 0 Å². The molecule has 2 aliphatic rings. The van der Waals surface area contributed by atoms with Crippen LogP contribution in [0, 0.1) is 0 Å². The fourth-order valence-corrected chi connectivity index (χ4v) is 5.28. The number of hydrogen-bond acceptors (Lipinski definition) is 5. The summed E-state index contributed by atoms with van der Waals surface area (Å²) in [5.41, 5.74) is 3.46. The molecule has 2 aromatic rings. The van der Waals surface area contributed by atoms with E-state index in [1.54, 1.807) is 23.5 Å². The van der Waals surface area contributed by atoms with E-state index < -0.39 is 0 Å². The van der Waals surface area contributed by atoms with E-state index in [0.29, 0.717) is 11.3 Å². The van der Waals surface area contributed by atoms with Gasteiger partial charge in [0.25, 0.3) is 0 Å². The van der Waals surface area contributed by atoms with Crippen molar-refractivity contribution >= 4 is 35.2 Å². The van der Waals surface area contributed by atoms with Crippen LogP contribution in [0.4, 0.5) is 0 Å². The second kappa shape index (κ2) is 6.07. The molecule has 0 N–H and O–H groups in total. The minimum absolute atomic E-state index is 0.0963. The molecule has 2 aromatic carbocycles. The molecule has 2 aliphatic heterocycles. The molecule has 5 heteroatoms. The topological polar surface area (TPSA) is 38.7 Å². The second-order valence-electron chi connectivity index (χ2n) is 6.96. The molecular weight excluding hydrogens is 350 g/mol. The summed E-state index contributed by atoms with van der Waals surface area (Å²) >= 11 is 3.24. The highest BCUT2D eigenvalue weighted by atomic mass is 32.2. The SMILES string of the molecule is CC(C)(C)c1ccc2c(c1)S/C(=C1\C(=O)ON=C1c1ccccc1)S2. The minimum Gasteiger partial charge on any atom is -0.312 e. The maximum Gasteiger partial charge on any atom is 0.369 e. The maximum absolute atomic E-state index is 12.3. The molecule has 0 fully saturated rings. The van der Waals surface area contributed by atoms with Gasteiger partial charge in [0.15, 0.2) is 0 Å². The predicted octanol–water partition coefficient (Wildman–Crippen LogP) is 5.35. The third-order valence-electron chi connectivity index (χ3n) is 4.13. The van der Waals surface area contributed by atoms with Gasteiger partial charge in [-0.2, -0.15) is 0 Å². The van der Waals surface area contributed by atoms with Gasteiger partial charge in [-0.1, -0.05) is 85.8 Å². The number of fused-ring (bicyclic) bond motifs is 1. The fourth-order valence-electron chi connectivity index (χ4n) is 2.71. The number of nitrogens with zero attached hydrogens (tertiary/aromatic N) is 1. The van der Waals surface area contributed by atoms with Gasteiger partial charge < -0.3 is 4.84 Å². The van der Waals surface area contributed by atoms with Gasteiger partial charge >= 0.3 is 5.97 Å². The van der Waals surface area contributed by atoms with E-state index in [0.717, 1.165) is 9.80 Å². The zero-order chi connectivity index (χ0) is 17.6. The molecule has 0 spiro atoms. The molecular formula is C20H17NO2S2.